The van der Waals surface area contributed by atoms with Crippen molar-refractivity contribution in [2.75, 3.05) is 20.1 Å². The first-order chi connectivity index (χ1) is 10.7. The van der Waals surface area contributed by atoms with E-state index in [1.54, 1.807) is 0 Å². The maximum absolute atomic E-state index is 6.00. The van der Waals surface area contributed by atoms with Gasteiger partial charge in [0.25, 0.3) is 0 Å². The minimum atomic E-state index is 0.665. The number of nitrogens with zero attached hydrogens (tertiary/aromatic N) is 4. The van der Waals surface area contributed by atoms with Crippen LogP contribution in [0.4, 0.5) is 0 Å². The summed E-state index contributed by atoms with van der Waals surface area (Å²) in [7, 11) is 1.84. The Hall–Kier alpha value is -1.75. The molecule has 2 aromatic heterocycles. The van der Waals surface area contributed by atoms with Crippen molar-refractivity contribution in [1.82, 2.24) is 19.6 Å². The number of imidazole rings is 1. The quantitative estimate of drug-likeness (QED) is 0.684. The molecule has 0 amide bonds. The van der Waals surface area contributed by atoms with Gasteiger partial charge < -0.3 is 14.6 Å². The van der Waals surface area contributed by atoms with Gasteiger partial charge in [-0.1, -0.05) is 18.5 Å². The highest BCUT2D eigenvalue weighted by Gasteiger charge is 2.18. The number of aliphatic imine (C=N–C) groups is 1. The van der Waals surface area contributed by atoms with Crippen molar-refractivity contribution in [3.05, 3.63) is 35.2 Å². The molecule has 22 heavy (non-hydrogen) atoms. The van der Waals surface area contributed by atoms with Crippen molar-refractivity contribution in [2.24, 2.45) is 10.9 Å². The van der Waals surface area contributed by atoms with Crippen LogP contribution < -0.4 is 5.32 Å². The first-order valence-electron chi connectivity index (χ1n) is 7.74. The number of likely N-dealkylation sites (tertiary alicyclic amines) is 1. The highest BCUT2D eigenvalue weighted by atomic mass is 35.5. The molecule has 0 bridgehead atoms. The monoisotopic (exact) mass is 319 g/mol. The lowest BCUT2D eigenvalue weighted by Gasteiger charge is -2.32. The molecule has 6 heteroatoms. The van der Waals surface area contributed by atoms with Gasteiger partial charge in [-0.25, -0.2) is 4.98 Å². The zero-order valence-corrected chi connectivity index (χ0v) is 13.8. The van der Waals surface area contributed by atoms with E-state index in [1.807, 2.05) is 36.0 Å². The van der Waals surface area contributed by atoms with Crippen LogP contribution in [0.3, 0.4) is 0 Å². The van der Waals surface area contributed by atoms with E-state index in [9.17, 15) is 0 Å². The second-order valence-corrected chi connectivity index (χ2v) is 6.35. The minimum absolute atomic E-state index is 0.665. The zero-order chi connectivity index (χ0) is 15.5. The summed E-state index contributed by atoms with van der Waals surface area (Å²) in [5, 5.41) is 4.12. The Morgan fingerprint density at radius 3 is 2.86 bits per heavy atom. The van der Waals surface area contributed by atoms with Crippen LogP contribution in [0, 0.1) is 5.92 Å². The molecule has 2 aromatic rings. The van der Waals surface area contributed by atoms with Crippen LogP contribution in [-0.2, 0) is 6.54 Å². The summed E-state index contributed by atoms with van der Waals surface area (Å²) in [4.78, 5) is 11.3. The van der Waals surface area contributed by atoms with Crippen molar-refractivity contribution >= 4 is 23.2 Å². The van der Waals surface area contributed by atoms with E-state index in [0.29, 0.717) is 11.6 Å². The molecule has 5 nitrogen and oxygen atoms in total. The third-order valence-corrected chi connectivity index (χ3v) is 4.41. The Morgan fingerprint density at radius 1 is 1.36 bits per heavy atom. The summed E-state index contributed by atoms with van der Waals surface area (Å²) < 4.78 is 1.95. The Bertz CT molecular complexity index is 670. The van der Waals surface area contributed by atoms with E-state index in [1.165, 1.54) is 12.8 Å². The summed E-state index contributed by atoms with van der Waals surface area (Å²) in [5.41, 5.74) is 1.89. The number of aromatic nitrogens is 2. The number of fused-ring (bicyclic) bond motifs is 1. The molecule has 1 aliphatic heterocycles. The van der Waals surface area contributed by atoms with E-state index in [4.69, 9.17) is 11.6 Å². The third kappa shape index (κ3) is 3.35. The average Bonchev–Trinajstić information content (AvgIpc) is 2.91. The number of piperidine rings is 1. The van der Waals surface area contributed by atoms with Gasteiger partial charge in [0.2, 0.25) is 0 Å². The van der Waals surface area contributed by atoms with Gasteiger partial charge in [-0.2, -0.15) is 0 Å². The molecule has 0 spiro atoms. The molecular weight excluding hydrogens is 298 g/mol. The summed E-state index contributed by atoms with van der Waals surface area (Å²) in [6.45, 7) is 5.12. The number of rotatable bonds is 2. The highest BCUT2D eigenvalue weighted by Crippen LogP contribution is 2.16. The van der Waals surface area contributed by atoms with Crippen molar-refractivity contribution in [3.8, 4) is 0 Å². The van der Waals surface area contributed by atoms with E-state index < -0.39 is 0 Å². The van der Waals surface area contributed by atoms with Crippen LogP contribution in [0.2, 0.25) is 5.02 Å². The largest absolute Gasteiger partial charge is 0.351 e. The molecule has 1 saturated heterocycles. The van der Waals surface area contributed by atoms with E-state index in [0.717, 1.165) is 36.3 Å². The molecule has 0 radical (unpaired) electrons. The third-order valence-electron chi connectivity index (χ3n) is 4.19. The molecule has 0 unspecified atom stereocenters. The average molecular weight is 320 g/mol. The maximum atomic E-state index is 6.00. The van der Waals surface area contributed by atoms with Crippen molar-refractivity contribution in [1.29, 1.82) is 0 Å². The molecule has 0 saturated carbocycles. The summed E-state index contributed by atoms with van der Waals surface area (Å²) in [5.74, 6) is 1.78. The SMILES string of the molecule is CN=C(NCc1cn2cc(Cl)ccc2n1)N1CCC(C)CC1. The van der Waals surface area contributed by atoms with E-state index >= 15 is 0 Å². The predicted octanol–water partition coefficient (Wildman–Crippen LogP) is 2.80. The fourth-order valence-electron chi connectivity index (χ4n) is 2.82. The predicted molar refractivity (Wildman–Crippen MR) is 90.4 cm³/mol. The summed E-state index contributed by atoms with van der Waals surface area (Å²) in [6.07, 6.45) is 6.33. The Kier molecular flexibility index (Phi) is 4.52. The molecule has 1 aliphatic rings. The lowest BCUT2D eigenvalue weighted by atomic mass is 10.00. The topological polar surface area (TPSA) is 44.9 Å². The number of halogens is 1. The Balaban J connectivity index is 1.64. The minimum Gasteiger partial charge on any atom is -0.351 e. The lowest BCUT2D eigenvalue weighted by molar-refractivity contribution is 0.273. The molecule has 1 N–H and O–H groups in total. The van der Waals surface area contributed by atoms with Crippen LogP contribution in [0.25, 0.3) is 5.65 Å². The second-order valence-electron chi connectivity index (χ2n) is 5.92. The first-order valence-corrected chi connectivity index (χ1v) is 8.12. The highest BCUT2D eigenvalue weighted by molar-refractivity contribution is 6.30. The molecule has 0 atom stereocenters. The molecular formula is C16H22ClN5. The van der Waals surface area contributed by atoms with Gasteiger partial charge in [-0.05, 0) is 30.9 Å². The molecule has 118 valence electrons. The van der Waals surface area contributed by atoms with Gasteiger partial charge in [0.15, 0.2) is 5.96 Å². The molecule has 0 aromatic carbocycles. The summed E-state index contributed by atoms with van der Waals surface area (Å²) in [6, 6.07) is 3.78. The van der Waals surface area contributed by atoms with Gasteiger partial charge in [-0.3, -0.25) is 4.99 Å². The van der Waals surface area contributed by atoms with Crippen LogP contribution in [-0.4, -0.2) is 40.4 Å². The normalized spacial score (nSPS) is 17.2. The number of nitrogens with one attached hydrogen (secondary N) is 1. The number of hydrogen-bond donors (Lipinski definition) is 1. The zero-order valence-electron chi connectivity index (χ0n) is 13.1. The van der Waals surface area contributed by atoms with Crippen LogP contribution >= 0.6 is 11.6 Å². The standard InChI is InChI=1S/C16H22ClN5/c1-12-5-7-21(8-6-12)16(18-2)19-9-14-11-22-10-13(17)3-4-15(22)20-14/h3-4,10-12H,5-9H2,1-2H3,(H,18,19). The number of pyridine rings is 1. The first kappa shape index (κ1) is 15.2. The van der Waals surface area contributed by atoms with Crippen molar-refractivity contribution in [3.63, 3.8) is 0 Å². The molecule has 3 rings (SSSR count). The molecule has 0 aliphatic carbocycles. The van der Waals surface area contributed by atoms with Gasteiger partial charge in [0, 0.05) is 32.5 Å². The van der Waals surface area contributed by atoms with Gasteiger partial charge in [-0.15, -0.1) is 0 Å². The smallest absolute Gasteiger partial charge is 0.193 e. The summed E-state index contributed by atoms with van der Waals surface area (Å²) >= 11 is 6.00. The molecule has 3 heterocycles. The van der Waals surface area contributed by atoms with Crippen LogP contribution in [0.15, 0.2) is 29.5 Å². The maximum Gasteiger partial charge on any atom is 0.193 e. The Labute approximate surface area is 136 Å². The Morgan fingerprint density at radius 2 is 2.14 bits per heavy atom. The second kappa shape index (κ2) is 6.57. The fourth-order valence-corrected chi connectivity index (χ4v) is 2.99. The lowest BCUT2D eigenvalue weighted by Crippen LogP contribution is -2.45. The van der Waals surface area contributed by atoms with Crippen LogP contribution in [0.1, 0.15) is 25.5 Å². The fraction of sp³-hybridized carbons (Fsp3) is 0.500. The van der Waals surface area contributed by atoms with Crippen molar-refractivity contribution < 1.29 is 0 Å². The number of hydrogen-bond acceptors (Lipinski definition) is 2. The van der Waals surface area contributed by atoms with Crippen LogP contribution in [0.5, 0.6) is 0 Å². The number of guanidine groups is 1. The van der Waals surface area contributed by atoms with E-state index in [2.05, 4.69) is 27.1 Å². The van der Waals surface area contributed by atoms with Gasteiger partial charge in [0.1, 0.15) is 5.65 Å². The van der Waals surface area contributed by atoms with Gasteiger partial charge in [0.05, 0.1) is 17.3 Å². The van der Waals surface area contributed by atoms with E-state index in [-0.39, 0.29) is 0 Å². The van der Waals surface area contributed by atoms with Gasteiger partial charge >= 0.3 is 0 Å². The van der Waals surface area contributed by atoms with Crippen molar-refractivity contribution in [2.45, 2.75) is 26.3 Å². The molecule has 1 fully saturated rings.